The number of aliphatic hydroxyl groups is 1. The summed E-state index contributed by atoms with van der Waals surface area (Å²) in [5.74, 6) is 0.137. The van der Waals surface area contributed by atoms with Crippen molar-refractivity contribution in [3.05, 3.63) is 35.4 Å². The molecule has 0 aliphatic carbocycles. The largest absolute Gasteiger partial charge is 0.395 e. The van der Waals surface area contributed by atoms with Crippen molar-refractivity contribution in [3.8, 4) is 0 Å². The van der Waals surface area contributed by atoms with Crippen LogP contribution in [0, 0.1) is 0 Å². The number of rotatable bonds is 10. The molecule has 0 bridgehead atoms. The molecule has 20 heavy (non-hydrogen) atoms. The van der Waals surface area contributed by atoms with Crippen molar-refractivity contribution in [2.45, 2.75) is 39.5 Å². The highest BCUT2D eigenvalue weighted by Crippen LogP contribution is 2.08. The maximum atomic E-state index is 12.2. The van der Waals surface area contributed by atoms with E-state index in [0.29, 0.717) is 13.1 Å². The predicted octanol–water partition coefficient (Wildman–Crippen LogP) is 2.92. The maximum Gasteiger partial charge on any atom is 0.176 e. The highest BCUT2D eigenvalue weighted by Gasteiger charge is 2.11. The van der Waals surface area contributed by atoms with E-state index in [9.17, 15) is 4.79 Å². The normalized spacial score (nSPS) is 11.0. The lowest BCUT2D eigenvalue weighted by Gasteiger charge is -2.20. The summed E-state index contributed by atoms with van der Waals surface area (Å²) in [4.78, 5) is 14.3. The van der Waals surface area contributed by atoms with Crippen LogP contribution in [0.1, 0.15) is 49.0 Å². The van der Waals surface area contributed by atoms with Crippen molar-refractivity contribution in [2.24, 2.45) is 0 Å². The molecular formula is C17H27NO2. The fourth-order valence-electron chi connectivity index (χ4n) is 2.23. The Balaban J connectivity index is 2.58. The fraction of sp³-hybridized carbons (Fsp3) is 0.588. The van der Waals surface area contributed by atoms with Gasteiger partial charge in [-0.3, -0.25) is 9.69 Å². The molecule has 112 valence electrons. The van der Waals surface area contributed by atoms with Gasteiger partial charge in [-0.05, 0) is 24.9 Å². The summed E-state index contributed by atoms with van der Waals surface area (Å²) in [6.45, 7) is 6.22. The van der Waals surface area contributed by atoms with Gasteiger partial charge in [-0.2, -0.15) is 0 Å². The topological polar surface area (TPSA) is 40.5 Å². The number of ketones is 1. The van der Waals surface area contributed by atoms with Crippen LogP contribution in [-0.2, 0) is 6.42 Å². The first-order valence-corrected chi connectivity index (χ1v) is 7.66. The molecule has 0 aliphatic heterocycles. The second-order valence-electron chi connectivity index (χ2n) is 5.22. The van der Waals surface area contributed by atoms with Crippen LogP contribution in [0.3, 0.4) is 0 Å². The molecule has 0 radical (unpaired) electrons. The van der Waals surface area contributed by atoms with E-state index >= 15 is 0 Å². The molecule has 1 N–H and O–H groups in total. The third kappa shape index (κ3) is 5.85. The molecule has 0 heterocycles. The predicted molar refractivity (Wildman–Crippen MR) is 83.2 cm³/mol. The third-order valence-electron chi connectivity index (χ3n) is 3.43. The average molecular weight is 277 g/mol. The van der Waals surface area contributed by atoms with E-state index in [2.05, 4.69) is 13.8 Å². The molecule has 0 aromatic heterocycles. The Bertz CT molecular complexity index is 386. The lowest BCUT2D eigenvalue weighted by molar-refractivity contribution is 0.0913. The number of nitrogens with zero attached hydrogens (tertiary/aromatic N) is 1. The zero-order chi connectivity index (χ0) is 14.8. The molecule has 0 aliphatic rings. The second kappa shape index (κ2) is 9.67. The van der Waals surface area contributed by atoms with Crippen molar-refractivity contribution in [3.63, 3.8) is 0 Å². The van der Waals surface area contributed by atoms with Gasteiger partial charge in [0.1, 0.15) is 0 Å². The number of aryl methyl sites for hydroxylation is 1. The molecule has 1 aromatic carbocycles. The highest BCUT2D eigenvalue weighted by molar-refractivity contribution is 5.97. The molecule has 1 aromatic rings. The summed E-state index contributed by atoms with van der Waals surface area (Å²) in [5, 5.41) is 9.06. The number of hydrogen-bond donors (Lipinski definition) is 1. The number of Topliss-reactive ketones (excluding diaryl/α,β-unsaturated/α-hetero) is 1. The van der Waals surface area contributed by atoms with Crippen LogP contribution in [0.15, 0.2) is 24.3 Å². The van der Waals surface area contributed by atoms with Gasteiger partial charge in [-0.25, -0.2) is 0 Å². The molecular weight excluding hydrogens is 250 g/mol. The van der Waals surface area contributed by atoms with Crippen molar-refractivity contribution < 1.29 is 9.90 Å². The van der Waals surface area contributed by atoms with E-state index in [1.165, 1.54) is 5.56 Å². The number of carbonyl (C=O) groups excluding carboxylic acids is 1. The SMILES string of the molecule is CCCCN(CCO)CC(=O)c1ccc(CCC)cc1. The minimum absolute atomic E-state index is 0.104. The van der Waals surface area contributed by atoms with Gasteiger partial charge in [0.15, 0.2) is 5.78 Å². The smallest absolute Gasteiger partial charge is 0.176 e. The summed E-state index contributed by atoms with van der Waals surface area (Å²) in [7, 11) is 0. The summed E-state index contributed by atoms with van der Waals surface area (Å²) >= 11 is 0. The molecule has 3 heteroatoms. The number of unbranched alkanes of at least 4 members (excludes halogenated alkanes) is 1. The van der Waals surface area contributed by atoms with E-state index in [1.54, 1.807) is 0 Å². The zero-order valence-corrected chi connectivity index (χ0v) is 12.8. The van der Waals surface area contributed by atoms with Crippen molar-refractivity contribution in [2.75, 3.05) is 26.2 Å². The number of carbonyl (C=O) groups is 1. The van der Waals surface area contributed by atoms with Crippen LogP contribution in [0.4, 0.5) is 0 Å². The van der Waals surface area contributed by atoms with E-state index in [4.69, 9.17) is 5.11 Å². The lowest BCUT2D eigenvalue weighted by Crippen LogP contribution is -2.33. The van der Waals surface area contributed by atoms with Gasteiger partial charge >= 0.3 is 0 Å². The van der Waals surface area contributed by atoms with Gasteiger partial charge in [0.05, 0.1) is 13.2 Å². The Kier molecular flexibility index (Phi) is 8.16. The zero-order valence-electron chi connectivity index (χ0n) is 12.8. The van der Waals surface area contributed by atoms with Crippen LogP contribution >= 0.6 is 0 Å². The second-order valence-corrected chi connectivity index (χ2v) is 5.22. The van der Waals surface area contributed by atoms with Crippen LogP contribution < -0.4 is 0 Å². The molecule has 0 spiro atoms. The third-order valence-corrected chi connectivity index (χ3v) is 3.43. The fourth-order valence-corrected chi connectivity index (χ4v) is 2.23. The number of hydrogen-bond acceptors (Lipinski definition) is 3. The summed E-state index contributed by atoms with van der Waals surface area (Å²) < 4.78 is 0. The molecule has 3 nitrogen and oxygen atoms in total. The van der Waals surface area contributed by atoms with Gasteiger partial charge in [0.2, 0.25) is 0 Å². The van der Waals surface area contributed by atoms with Crippen molar-refractivity contribution in [1.29, 1.82) is 0 Å². The van der Waals surface area contributed by atoms with Gasteiger partial charge in [0, 0.05) is 12.1 Å². The van der Waals surface area contributed by atoms with E-state index < -0.39 is 0 Å². The van der Waals surface area contributed by atoms with Gasteiger partial charge in [-0.15, -0.1) is 0 Å². The Hall–Kier alpha value is -1.19. The van der Waals surface area contributed by atoms with E-state index in [-0.39, 0.29) is 12.4 Å². The van der Waals surface area contributed by atoms with Gasteiger partial charge < -0.3 is 5.11 Å². The first-order chi connectivity index (χ1) is 9.71. The Morgan fingerprint density at radius 2 is 1.80 bits per heavy atom. The average Bonchev–Trinajstić information content (AvgIpc) is 2.46. The molecule has 0 atom stereocenters. The molecule has 0 unspecified atom stereocenters. The number of benzene rings is 1. The van der Waals surface area contributed by atoms with Crippen molar-refractivity contribution in [1.82, 2.24) is 4.90 Å². The first kappa shape index (κ1) is 16.9. The first-order valence-electron chi connectivity index (χ1n) is 7.66. The quantitative estimate of drug-likeness (QED) is 0.669. The van der Waals surface area contributed by atoms with E-state index in [0.717, 1.165) is 37.8 Å². The van der Waals surface area contributed by atoms with Gasteiger partial charge in [-0.1, -0.05) is 51.0 Å². The van der Waals surface area contributed by atoms with Crippen molar-refractivity contribution >= 4 is 5.78 Å². The standard InChI is InChI=1S/C17H27NO2/c1-3-5-11-18(12-13-19)14-17(20)16-9-7-15(6-4-2)8-10-16/h7-10,19H,3-6,11-14H2,1-2H3. The molecule has 1 rings (SSSR count). The Morgan fingerprint density at radius 3 is 2.35 bits per heavy atom. The van der Waals surface area contributed by atoms with E-state index in [1.807, 2.05) is 29.2 Å². The summed E-state index contributed by atoms with van der Waals surface area (Å²) in [6.07, 6.45) is 4.33. The maximum absolute atomic E-state index is 12.2. The molecule has 0 amide bonds. The minimum Gasteiger partial charge on any atom is -0.395 e. The summed E-state index contributed by atoms with van der Waals surface area (Å²) in [5.41, 5.74) is 2.05. The van der Waals surface area contributed by atoms with Crippen LogP contribution in [0.2, 0.25) is 0 Å². The minimum atomic E-state index is 0.104. The highest BCUT2D eigenvalue weighted by atomic mass is 16.3. The Labute approximate surface area is 122 Å². The molecule has 0 saturated heterocycles. The van der Waals surface area contributed by atoms with Gasteiger partial charge in [0.25, 0.3) is 0 Å². The number of aliphatic hydroxyl groups excluding tert-OH is 1. The Morgan fingerprint density at radius 1 is 1.10 bits per heavy atom. The molecule has 0 saturated carbocycles. The lowest BCUT2D eigenvalue weighted by atomic mass is 10.0. The van der Waals surface area contributed by atoms with Crippen LogP contribution in [0.25, 0.3) is 0 Å². The van der Waals surface area contributed by atoms with Crippen LogP contribution in [-0.4, -0.2) is 42.0 Å². The summed E-state index contributed by atoms with van der Waals surface area (Å²) in [6, 6.07) is 7.92. The van der Waals surface area contributed by atoms with Crippen LogP contribution in [0.5, 0.6) is 0 Å². The molecule has 0 fully saturated rings. The monoisotopic (exact) mass is 277 g/mol.